The zero-order valence-electron chi connectivity index (χ0n) is 10.9. The number of carboxylic acid groups (broad SMARTS) is 1. The zero-order valence-corrected chi connectivity index (χ0v) is 11.7. The summed E-state index contributed by atoms with van der Waals surface area (Å²) in [6.07, 6.45) is 8.15. The van der Waals surface area contributed by atoms with Crippen LogP contribution in [-0.2, 0) is 14.8 Å². The van der Waals surface area contributed by atoms with E-state index in [1.54, 1.807) is 18.2 Å². The third kappa shape index (κ3) is 3.02. The van der Waals surface area contributed by atoms with Crippen LogP contribution in [0.3, 0.4) is 0 Å². The second kappa shape index (κ2) is 5.91. The summed E-state index contributed by atoms with van der Waals surface area (Å²) in [6.45, 7) is -0.996. The minimum Gasteiger partial charge on any atom is -0.480 e. The molecule has 0 aliphatic carbocycles. The highest BCUT2D eigenvalue weighted by Crippen LogP contribution is 2.24. The zero-order chi connectivity index (χ0) is 15.5. The molecule has 1 aromatic carbocycles. The molecule has 0 saturated heterocycles. The molecule has 0 saturated carbocycles. The molecule has 7 heteroatoms. The van der Waals surface area contributed by atoms with Crippen LogP contribution < -0.4 is 0 Å². The lowest BCUT2D eigenvalue weighted by molar-refractivity contribution is -0.137. The first-order chi connectivity index (χ1) is 9.96. The maximum atomic E-state index is 12.6. The highest BCUT2D eigenvalue weighted by molar-refractivity contribution is 7.89. The second-order valence-electron chi connectivity index (χ2n) is 4.22. The van der Waals surface area contributed by atoms with Crippen LogP contribution in [0.5, 0.6) is 0 Å². The summed E-state index contributed by atoms with van der Waals surface area (Å²) in [4.78, 5) is 14.8. The van der Waals surface area contributed by atoms with Crippen molar-refractivity contribution in [3.05, 3.63) is 36.7 Å². The molecule has 0 spiro atoms. The van der Waals surface area contributed by atoms with E-state index < -0.39 is 22.5 Å². The van der Waals surface area contributed by atoms with Crippen molar-refractivity contribution in [2.45, 2.75) is 4.90 Å². The van der Waals surface area contributed by atoms with Crippen molar-refractivity contribution in [1.29, 1.82) is 0 Å². The molecule has 0 aliphatic rings. The molecule has 0 unspecified atom stereocenters. The number of hydrogen-bond acceptors (Lipinski definition) is 4. The van der Waals surface area contributed by atoms with Gasteiger partial charge in [-0.15, -0.1) is 6.42 Å². The molecular weight excluding hydrogens is 292 g/mol. The smallest absolute Gasteiger partial charge is 0.318 e. The lowest BCUT2D eigenvalue weighted by atomic mass is 10.2. The SMILES string of the molecule is C#CCN(CC(=O)O)S(=O)(=O)c1cccc2cnccc12. The lowest BCUT2D eigenvalue weighted by Crippen LogP contribution is -2.36. The van der Waals surface area contributed by atoms with Crippen molar-refractivity contribution in [3.8, 4) is 12.3 Å². The molecule has 0 fully saturated rings. The van der Waals surface area contributed by atoms with Gasteiger partial charge in [0.05, 0.1) is 11.4 Å². The number of fused-ring (bicyclic) bond motifs is 1. The average Bonchev–Trinajstić information content (AvgIpc) is 2.45. The Morgan fingerprint density at radius 2 is 2.14 bits per heavy atom. The van der Waals surface area contributed by atoms with Gasteiger partial charge in [-0.1, -0.05) is 18.1 Å². The molecule has 2 aromatic rings. The fourth-order valence-corrected chi connectivity index (χ4v) is 3.45. The van der Waals surface area contributed by atoms with Gasteiger partial charge in [0.1, 0.15) is 6.54 Å². The molecule has 2 rings (SSSR count). The number of benzene rings is 1. The van der Waals surface area contributed by atoms with Gasteiger partial charge in [-0.05, 0) is 12.1 Å². The van der Waals surface area contributed by atoms with Crippen molar-refractivity contribution in [3.63, 3.8) is 0 Å². The Morgan fingerprint density at radius 1 is 1.38 bits per heavy atom. The minimum atomic E-state index is -4.00. The van der Waals surface area contributed by atoms with E-state index in [2.05, 4.69) is 10.9 Å². The number of pyridine rings is 1. The van der Waals surface area contributed by atoms with Gasteiger partial charge >= 0.3 is 5.97 Å². The molecule has 1 aromatic heterocycles. The fraction of sp³-hybridized carbons (Fsp3) is 0.143. The Bertz CT molecular complexity index is 819. The van der Waals surface area contributed by atoms with Crippen molar-refractivity contribution in [2.24, 2.45) is 0 Å². The van der Waals surface area contributed by atoms with E-state index in [1.165, 1.54) is 18.5 Å². The van der Waals surface area contributed by atoms with Gasteiger partial charge in [-0.2, -0.15) is 4.31 Å². The summed E-state index contributed by atoms with van der Waals surface area (Å²) in [7, 11) is -4.00. The number of nitrogens with zero attached hydrogens (tertiary/aromatic N) is 2. The first-order valence-electron chi connectivity index (χ1n) is 5.95. The van der Waals surface area contributed by atoms with Crippen molar-refractivity contribution < 1.29 is 18.3 Å². The van der Waals surface area contributed by atoms with Gasteiger partial charge in [0.2, 0.25) is 10.0 Å². The van der Waals surface area contributed by atoms with Crippen LogP contribution in [0.15, 0.2) is 41.6 Å². The number of hydrogen-bond donors (Lipinski definition) is 1. The molecule has 21 heavy (non-hydrogen) atoms. The van der Waals surface area contributed by atoms with Crippen LogP contribution in [0.2, 0.25) is 0 Å². The molecule has 0 bridgehead atoms. The molecular formula is C14H12N2O4S. The van der Waals surface area contributed by atoms with Crippen LogP contribution in [0.25, 0.3) is 10.8 Å². The number of carbonyl (C=O) groups is 1. The molecule has 6 nitrogen and oxygen atoms in total. The first-order valence-corrected chi connectivity index (χ1v) is 7.39. The Balaban J connectivity index is 2.60. The summed E-state index contributed by atoms with van der Waals surface area (Å²) >= 11 is 0. The van der Waals surface area contributed by atoms with E-state index in [9.17, 15) is 13.2 Å². The van der Waals surface area contributed by atoms with Crippen LogP contribution in [0, 0.1) is 12.3 Å². The largest absolute Gasteiger partial charge is 0.480 e. The van der Waals surface area contributed by atoms with Crippen molar-refractivity contribution >= 4 is 26.8 Å². The Labute approximate surface area is 122 Å². The maximum Gasteiger partial charge on any atom is 0.318 e. The third-order valence-electron chi connectivity index (χ3n) is 2.84. The Hall–Kier alpha value is -2.43. The molecule has 108 valence electrons. The third-order valence-corrected chi connectivity index (χ3v) is 4.69. The van der Waals surface area contributed by atoms with Gasteiger partial charge in [-0.3, -0.25) is 9.78 Å². The summed E-state index contributed by atoms with van der Waals surface area (Å²) in [5.41, 5.74) is 0. The van der Waals surface area contributed by atoms with E-state index in [4.69, 9.17) is 11.5 Å². The predicted octanol–water partition coefficient (Wildman–Crippen LogP) is 0.943. The number of rotatable bonds is 5. The van der Waals surface area contributed by atoms with Crippen LogP contribution in [-0.4, -0.2) is 41.9 Å². The van der Waals surface area contributed by atoms with Gasteiger partial charge in [-0.25, -0.2) is 8.42 Å². The van der Waals surface area contributed by atoms with E-state index in [1.807, 2.05) is 0 Å². The number of sulfonamides is 1. The van der Waals surface area contributed by atoms with Crippen LogP contribution in [0.4, 0.5) is 0 Å². The predicted molar refractivity (Wildman–Crippen MR) is 77.0 cm³/mol. The van der Waals surface area contributed by atoms with Crippen molar-refractivity contribution in [1.82, 2.24) is 9.29 Å². The molecule has 0 atom stereocenters. The Morgan fingerprint density at radius 3 is 2.81 bits per heavy atom. The molecule has 0 radical (unpaired) electrons. The topological polar surface area (TPSA) is 87.6 Å². The number of carboxylic acids is 1. The molecule has 1 N–H and O–H groups in total. The summed E-state index contributed by atoms with van der Waals surface area (Å²) in [5.74, 6) is 0.900. The standard InChI is InChI=1S/C14H12N2O4S/c1-2-8-16(10-14(17)18)21(19,20)13-5-3-4-11-9-15-7-6-12(11)13/h1,3-7,9H,8,10H2,(H,17,18). The molecule has 0 aliphatic heterocycles. The first kappa shape index (κ1) is 15.0. The number of aliphatic carboxylic acids is 1. The van der Waals surface area contributed by atoms with Gasteiger partial charge in [0.15, 0.2) is 0 Å². The maximum absolute atomic E-state index is 12.6. The average molecular weight is 304 g/mol. The second-order valence-corrected chi connectivity index (χ2v) is 6.13. The van der Waals surface area contributed by atoms with Gasteiger partial charge in [0, 0.05) is 23.2 Å². The highest BCUT2D eigenvalue weighted by atomic mass is 32.2. The summed E-state index contributed by atoms with van der Waals surface area (Å²) < 4.78 is 26.0. The number of terminal acetylenes is 1. The van der Waals surface area contributed by atoms with Gasteiger partial charge in [0.25, 0.3) is 0 Å². The molecule has 1 heterocycles. The van der Waals surface area contributed by atoms with Crippen LogP contribution in [0.1, 0.15) is 0 Å². The lowest BCUT2D eigenvalue weighted by Gasteiger charge is -2.18. The highest BCUT2D eigenvalue weighted by Gasteiger charge is 2.27. The van der Waals surface area contributed by atoms with Crippen LogP contribution >= 0.6 is 0 Å². The fourth-order valence-electron chi connectivity index (χ4n) is 1.94. The Kier molecular flexibility index (Phi) is 4.21. The van der Waals surface area contributed by atoms with E-state index in [0.717, 1.165) is 4.31 Å². The summed E-state index contributed by atoms with van der Waals surface area (Å²) in [5, 5.41) is 9.97. The normalized spacial score (nSPS) is 11.4. The van der Waals surface area contributed by atoms with Crippen molar-refractivity contribution in [2.75, 3.05) is 13.1 Å². The minimum absolute atomic E-state index is 0.0129. The van der Waals surface area contributed by atoms with E-state index in [0.29, 0.717) is 10.8 Å². The summed E-state index contributed by atoms with van der Waals surface area (Å²) in [6, 6.07) is 6.29. The van der Waals surface area contributed by atoms with E-state index >= 15 is 0 Å². The molecule has 0 amide bonds. The quantitative estimate of drug-likeness (QED) is 0.831. The van der Waals surface area contributed by atoms with E-state index in [-0.39, 0.29) is 11.4 Å². The number of aromatic nitrogens is 1. The van der Waals surface area contributed by atoms with Gasteiger partial charge < -0.3 is 5.11 Å². The monoisotopic (exact) mass is 304 g/mol.